The van der Waals surface area contributed by atoms with E-state index in [1.54, 1.807) is 37.2 Å². The lowest BCUT2D eigenvalue weighted by atomic mass is 10.1. The number of thiazole rings is 1. The van der Waals surface area contributed by atoms with E-state index in [1.807, 2.05) is 24.3 Å². The van der Waals surface area contributed by atoms with Gasteiger partial charge in [-0.05, 0) is 45.0 Å². The van der Waals surface area contributed by atoms with Crippen molar-refractivity contribution in [2.24, 2.45) is 0 Å². The molecule has 1 saturated heterocycles. The summed E-state index contributed by atoms with van der Waals surface area (Å²) in [7, 11) is 0. The van der Waals surface area contributed by atoms with Gasteiger partial charge in [0.05, 0.1) is 13.1 Å². The molecule has 2 aliphatic rings. The molecule has 2 heterocycles. The van der Waals surface area contributed by atoms with Crippen molar-refractivity contribution in [1.82, 2.24) is 4.98 Å². The first kappa shape index (κ1) is 21.1. The normalized spacial score (nSPS) is 19.5. The SMILES string of the molecule is [C-]#[N+]C1(c2ccc(N3CC(CN(C(=O)OC(C)(C)C)c4nccs4)OC3=O)cc2)CC1. The topological polar surface area (TPSA) is 76.3 Å². The number of carbonyl (C=O) groups is 2. The lowest BCUT2D eigenvalue weighted by Gasteiger charge is -2.26. The Morgan fingerprint density at radius 3 is 2.65 bits per heavy atom. The van der Waals surface area contributed by atoms with E-state index in [9.17, 15) is 9.59 Å². The summed E-state index contributed by atoms with van der Waals surface area (Å²) in [5, 5.41) is 2.26. The molecule has 0 N–H and O–H groups in total. The van der Waals surface area contributed by atoms with Gasteiger partial charge in [0.2, 0.25) is 0 Å². The molecule has 4 rings (SSSR count). The van der Waals surface area contributed by atoms with Crippen molar-refractivity contribution in [2.75, 3.05) is 22.9 Å². The van der Waals surface area contributed by atoms with Crippen LogP contribution >= 0.6 is 11.3 Å². The Morgan fingerprint density at radius 2 is 2.10 bits per heavy atom. The summed E-state index contributed by atoms with van der Waals surface area (Å²) in [6, 6.07) is 7.50. The predicted molar refractivity (Wildman–Crippen MR) is 117 cm³/mol. The molecule has 1 aromatic carbocycles. The Bertz CT molecular complexity index is 1000. The summed E-state index contributed by atoms with van der Waals surface area (Å²) in [6.45, 7) is 13.2. The van der Waals surface area contributed by atoms with Gasteiger partial charge in [-0.15, -0.1) is 11.3 Å². The smallest absolute Gasteiger partial charge is 0.416 e. The van der Waals surface area contributed by atoms with Crippen LogP contribution in [0.15, 0.2) is 35.8 Å². The maximum atomic E-state index is 12.7. The van der Waals surface area contributed by atoms with E-state index < -0.39 is 23.9 Å². The molecule has 9 heteroatoms. The maximum absolute atomic E-state index is 12.7. The molecule has 8 nitrogen and oxygen atoms in total. The largest absolute Gasteiger partial charge is 0.443 e. The van der Waals surface area contributed by atoms with Crippen molar-refractivity contribution in [3.8, 4) is 0 Å². The van der Waals surface area contributed by atoms with Gasteiger partial charge in [-0.25, -0.2) is 26.0 Å². The second-order valence-electron chi connectivity index (χ2n) is 8.71. The van der Waals surface area contributed by atoms with Crippen LogP contribution in [0.1, 0.15) is 39.2 Å². The minimum atomic E-state index is -0.656. The molecule has 0 spiro atoms. The molecule has 2 amide bonds. The van der Waals surface area contributed by atoms with Crippen LogP contribution in [0.5, 0.6) is 0 Å². The molecule has 2 aromatic rings. The Morgan fingerprint density at radius 1 is 1.39 bits per heavy atom. The zero-order valence-corrected chi connectivity index (χ0v) is 18.5. The molecule has 162 valence electrons. The molecule has 2 fully saturated rings. The van der Waals surface area contributed by atoms with Gasteiger partial charge in [-0.2, -0.15) is 0 Å². The molecular formula is C22H24N4O4S. The number of carbonyl (C=O) groups excluding carboxylic acids is 2. The molecule has 0 radical (unpaired) electrons. The molecule has 0 bridgehead atoms. The number of hydrogen-bond donors (Lipinski definition) is 0. The highest BCUT2D eigenvalue weighted by molar-refractivity contribution is 7.13. The Hall–Kier alpha value is -3.12. The van der Waals surface area contributed by atoms with E-state index in [4.69, 9.17) is 16.0 Å². The van der Waals surface area contributed by atoms with E-state index in [2.05, 4.69) is 9.83 Å². The average Bonchev–Trinajstić information content (AvgIpc) is 3.15. The van der Waals surface area contributed by atoms with Gasteiger partial charge in [-0.1, -0.05) is 0 Å². The number of ether oxygens (including phenoxy) is 2. The van der Waals surface area contributed by atoms with Crippen molar-refractivity contribution in [1.29, 1.82) is 0 Å². The molecule has 1 saturated carbocycles. The molecule has 1 aromatic heterocycles. The molecule has 1 unspecified atom stereocenters. The predicted octanol–water partition coefficient (Wildman–Crippen LogP) is 4.82. The zero-order chi connectivity index (χ0) is 22.2. The summed E-state index contributed by atoms with van der Waals surface area (Å²) < 4.78 is 11.0. The van der Waals surface area contributed by atoms with Crippen molar-refractivity contribution >= 4 is 34.3 Å². The van der Waals surface area contributed by atoms with Crippen LogP contribution in [0.3, 0.4) is 0 Å². The fourth-order valence-corrected chi connectivity index (χ4v) is 4.10. The first-order valence-electron chi connectivity index (χ1n) is 10.1. The van der Waals surface area contributed by atoms with Crippen LogP contribution in [0.4, 0.5) is 20.4 Å². The second kappa shape index (κ2) is 7.85. The third kappa shape index (κ3) is 4.49. The van der Waals surface area contributed by atoms with Gasteiger partial charge in [-0.3, -0.25) is 4.90 Å². The number of hydrogen-bond acceptors (Lipinski definition) is 6. The molecular weight excluding hydrogens is 416 g/mol. The zero-order valence-electron chi connectivity index (χ0n) is 17.7. The summed E-state index contributed by atoms with van der Waals surface area (Å²) in [5.74, 6) is 0. The fourth-order valence-electron chi connectivity index (χ4n) is 3.46. The Labute approximate surface area is 185 Å². The molecule has 1 atom stereocenters. The highest BCUT2D eigenvalue weighted by atomic mass is 32.1. The summed E-state index contributed by atoms with van der Waals surface area (Å²) in [6.07, 6.45) is 1.84. The number of cyclic esters (lactones) is 1. The van der Waals surface area contributed by atoms with Gasteiger partial charge >= 0.3 is 12.2 Å². The van der Waals surface area contributed by atoms with Gasteiger partial charge in [0, 0.05) is 35.7 Å². The van der Waals surface area contributed by atoms with E-state index in [-0.39, 0.29) is 12.1 Å². The van der Waals surface area contributed by atoms with E-state index in [1.165, 1.54) is 16.2 Å². The van der Waals surface area contributed by atoms with Crippen molar-refractivity contribution < 1.29 is 19.1 Å². The van der Waals surface area contributed by atoms with Crippen LogP contribution in [-0.2, 0) is 15.0 Å². The van der Waals surface area contributed by atoms with Crippen LogP contribution in [-0.4, -0.2) is 42.0 Å². The standard InChI is InChI=1S/C22H24N4O4S/c1-21(2,3)30-20(28)26(18-24-11-12-31-18)14-17-13-25(19(27)29-17)16-7-5-15(6-8-16)22(23-4)9-10-22/h5-8,11-12,17H,9-10,13-14H2,1-3H3. The van der Waals surface area contributed by atoms with Gasteiger partial charge in [0.1, 0.15) is 11.7 Å². The first-order chi connectivity index (χ1) is 14.7. The fraction of sp³-hybridized carbons (Fsp3) is 0.455. The van der Waals surface area contributed by atoms with Crippen LogP contribution in [0.2, 0.25) is 0 Å². The monoisotopic (exact) mass is 440 g/mol. The minimum absolute atomic E-state index is 0.142. The number of anilines is 2. The highest BCUT2D eigenvalue weighted by Crippen LogP contribution is 2.49. The van der Waals surface area contributed by atoms with Gasteiger partial charge < -0.3 is 14.3 Å². The van der Waals surface area contributed by atoms with Gasteiger partial charge in [0.25, 0.3) is 5.54 Å². The van der Waals surface area contributed by atoms with Crippen molar-refractivity contribution in [2.45, 2.75) is 50.9 Å². The number of benzene rings is 1. The van der Waals surface area contributed by atoms with E-state index in [0.29, 0.717) is 17.4 Å². The molecule has 1 aliphatic heterocycles. The van der Waals surface area contributed by atoms with Crippen LogP contribution in [0.25, 0.3) is 4.85 Å². The van der Waals surface area contributed by atoms with E-state index in [0.717, 1.165) is 18.4 Å². The number of aromatic nitrogens is 1. The third-order valence-electron chi connectivity index (χ3n) is 5.18. The van der Waals surface area contributed by atoms with Gasteiger partial charge in [0.15, 0.2) is 5.13 Å². The lowest BCUT2D eigenvalue weighted by molar-refractivity contribution is 0.0558. The van der Waals surface area contributed by atoms with Crippen molar-refractivity contribution in [3.63, 3.8) is 0 Å². The quantitative estimate of drug-likeness (QED) is 0.623. The number of nitrogens with zero attached hydrogens (tertiary/aromatic N) is 4. The molecule has 1 aliphatic carbocycles. The van der Waals surface area contributed by atoms with Crippen LogP contribution in [0, 0.1) is 6.57 Å². The van der Waals surface area contributed by atoms with Crippen LogP contribution < -0.4 is 9.80 Å². The minimum Gasteiger partial charge on any atom is -0.443 e. The number of amides is 2. The van der Waals surface area contributed by atoms with Crippen molar-refractivity contribution in [3.05, 3.63) is 52.8 Å². The Kier molecular flexibility index (Phi) is 5.35. The lowest BCUT2D eigenvalue weighted by Crippen LogP contribution is -2.42. The van der Waals surface area contributed by atoms with E-state index >= 15 is 0 Å². The number of rotatable bonds is 5. The summed E-state index contributed by atoms with van der Waals surface area (Å²) >= 11 is 1.31. The summed E-state index contributed by atoms with van der Waals surface area (Å²) in [4.78, 5) is 36.2. The Balaban J connectivity index is 1.46. The average molecular weight is 441 g/mol. The summed E-state index contributed by atoms with van der Waals surface area (Å²) in [5.41, 5.74) is 0.649. The first-order valence-corrected chi connectivity index (χ1v) is 11.0. The molecule has 31 heavy (non-hydrogen) atoms. The second-order valence-corrected chi connectivity index (χ2v) is 9.59. The maximum Gasteiger partial charge on any atom is 0.416 e. The highest BCUT2D eigenvalue weighted by Gasteiger charge is 2.52. The third-order valence-corrected chi connectivity index (χ3v) is 5.97.